The number of guanidine groups is 1. The van der Waals surface area contributed by atoms with E-state index < -0.39 is 0 Å². The molecule has 0 fully saturated rings. The number of nitrogens with one attached hydrogen (secondary N) is 1. The lowest BCUT2D eigenvalue weighted by atomic mass is 10.1. The van der Waals surface area contributed by atoms with Gasteiger partial charge in [-0.3, -0.25) is 0 Å². The third-order valence-corrected chi connectivity index (χ3v) is 3.79. The molecule has 1 heterocycles. The van der Waals surface area contributed by atoms with Gasteiger partial charge in [-0.25, -0.2) is 4.99 Å². The summed E-state index contributed by atoms with van der Waals surface area (Å²) in [6.45, 7) is 3.95. The maximum absolute atomic E-state index is 6.18. The SMILES string of the molecule is CC(NC(N)=NCC1=CCCOC1)c1ccc(Cl)cc1Cl.I. The molecule has 0 saturated heterocycles. The summed E-state index contributed by atoms with van der Waals surface area (Å²) in [7, 11) is 0. The van der Waals surface area contributed by atoms with E-state index in [0.29, 0.717) is 29.2 Å². The van der Waals surface area contributed by atoms with E-state index in [9.17, 15) is 0 Å². The molecular formula is C15H20Cl2IN3O. The van der Waals surface area contributed by atoms with E-state index in [4.69, 9.17) is 33.7 Å². The fourth-order valence-electron chi connectivity index (χ4n) is 2.10. The number of halogens is 3. The van der Waals surface area contributed by atoms with Crippen molar-refractivity contribution in [2.45, 2.75) is 19.4 Å². The summed E-state index contributed by atoms with van der Waals surface area (Å²) in [6, 6.07) is 5.36. The van der Waals surface area contributed by atoms with Crippen molar-refractivity contribution in [3.05, 3.63) is 45.5 Å². The van der Waals surface area contributed by atoms with Gasteiger partial charge in [-0.2, -0.15) is 0 Å². The van der Waals surface area contributed by atoms with Crippen LogP contribution in [0, 0.1) is 0 Å². The Balaban J connectivity index is 0.00000242. The van der Waals surface area contributed by atoms with Gasteiger partial charge in [0, 0.05) is 10.0 Å². The monoisotopic (exact) mass is 455 g/mol. The third-order valence-electron chi connectivity index (χ3n) is 3.23. The van der Waals surface area contributed by atoms with Gasteiger partial charge in [0.25, 0.3) is 0 Å². The minimum atomic E-state index is -0.0462. The number of ether oxygens (including phenoxy) is 1. The highest BCUT2D eigenvalue weighted by Gasteiger charge is 2.11. The standard InChI is InChI=1S/C15H19Cl2N3O.HI/c1-10(13-5-4-12(16)7-14(13)17)20-15(18)19-8-11-3-2-6-21-9-11;/h3-5,7,10H,2,6,8-9H2,1H3,(H3,18,19,20);1H. The summed E-state index contributed by atoms with van der Waals surface area (Å²) in [5.74, 6) is 0.389. The van der Waals surface area contributed by atoms with E-state index in [1.165, 1.54) is 0 Å². The Morgan fingerprint density at radius 2 is 2.23 bits per heavy atom. The molecule has 0 saturated carbocycles. The fourth-order valence-corrected chi connectivity index (χ4v) is 2.68. The average molecular weight is 456 g/mol. The Bertz CT molecular complexity index is 564. The van der Waals surface area contributed by atoms with Gasteiger partial charge in [-0.1, -0.05) is 35.3 Å². The van der Waals surface area contributed by atoms with Crippen LogP contribution in [-0.2, 0) is 4.74 Å². The van der Waals surface area contributed by atoms with Gasteiger partial charge in [0.2, 0.25) is 0 Å². The van der Waals surface area contributed by atoms with Crippen molar-refractivity contribution in [1.82, 2.24) is 5.32 Å². The van der Waals surface area contributed by atoms with Crippen LogP contribution in [0.15, 0.2) is 34.8 Å². The topological polar surface area (TPSA) is 59.6 Å². The molecule has 1 aromatic rings. The van der Waals surface area contributed by atoms with E-state index in [2.05, 4.69) is 16.4 Å². The number of nitrogens with two attached hydrogens (primary N) is 1. The second kappa shape index (κ2) is 9.60. The lowest BCUT2D eigenvalue weighted by Gasteiger charge is -2.17. The second-order valence-corrected chi connectivity index (χ2v) is 5.78. The highest BCUT2D eigenvalue weighted by molar-refractivity contribution is 14.0. The Kier molecular flexibility index (Phi) is 8.53. The van der Waals surface area contributed by atoms with E-state index in [-0.39, 0.29) is 30.0 Å². The van der Waals surface area contributed by atoms with Crippen molar-refractivity contribution < 1.29 is 4.74 Å². The van der Waals surface area contributed by atoms with Gasteiger partial charge < -0.3 is 15.8 Å². The van der Waals surface area contributed by atoms with E-state index in [1.54, 1.807) is 12.1 Å². The van der Waals surface area contributed by atoms with Crippen LogP contribution in [0.5, 0.6) is 0 Å². The Hall–Kier alpha value is -0.500. The predicted octanol–water partition coefficient (Wildman–Crippen LogP) is 3.92. The molecule has 1 aliphatic heterocycles. The molecule has 0 radical (unpaired) electrons. The minimum Gasteiger partial charge on any atom is -0.377 e. The van der Waals surface area contributed by atoms with Gasteiger partial charge >= 0.3 is 0 Å². The molecule has 22 heavy (non-hydrogen) atoms. The molecule has 2 rings (SSSR count). The first-order valence-corrected chi connectivity index (χ1v) is 7.59. The van der Waals surface area contributed by atoms with Crippen LogP contribution in [0.2, 0.25) is 10.0 Å². The first kappa shape index (κ1) is 19.5. The van der Waals surface area contributed by atoms with E-state index >= 15 is 0 Å². The van der Waals surface area contributed by atoms with Gasteiger partial charge in [-0.05, 0) is 36.6 Å². The summed E-state index contributed by atoms with van der Waals surface area (Å²) in [6.07, 6.45) is 3.09. The van der Waals surface area contributed by atoms with Crippen molar-refractivity contribution in [1.29, 1.82) is 0 Å². The van der Waals surface area contributed by atoms with Crippen LogP contribution in [0.1, 0.15) is 24.9 Å². The Labute approximate surface area is 158 Å². The Morgan fingerprint density at radius 3 is 2.86 bits per heavy atom. The molecule has 7 heteroatoms. The van der Waals surface area contributed by atoms with Crippen LogP contribution < -0.4 is 11.1 Å². The maximum atomic E-state index is 6.18. The smallest absolute Gasteiger partial charge is 0.189 e. The number of aliphatic imine (C=N–C) groups is 1. The van der Waals surface area contributed by atoms with Crippen molar-refractivity contribution in [2.75, 3.05) is 19.8 Å². The highest BCUT2D eigenvalue weighted by atomic mass is 127. The molecule has 0 aromatic heterocycles. The zero-order valence-electron chi connectivity index (χ0n) is 12.3. The van der Waals surface area contributed by atoms with Gasteiger partial charge in [0.15, 0.2) is 5.96 Å². The molecule has 1 unspecified atom stereocenters. The van der Waals surface area contributed by atoms with Crippen LogP contribution in [0.3, 0.4) is 0 Å². The van der Waals surface area contributed by atoms with Crippen LogP contribution in [-0.4, -0.2) is 25.7 Å². The number of hydrogen-bond donors (Lipinski definition) is 2. The molecule has 1 aromatic carbocycles. The predicted molar refractivity (Wildman–Crippen MR) is 103 cm³/mol. The van der Waals surface area contributed by atoms with Crippen molar-refractivity contribution >= 4 is 53.1 Å². The summed E-state index contributed by atoms with van der Waals surface area (Å²) in [5.41, 5.74) is 8.00. The molecular weight excluding hydrogens is 436 g/mol. The zero-order valence-corrected chi connectivity index (χ0v) is 16.2. The van der Waals surface area contributed by atoms with Crippen LogP contribution >= 0.6 is 47.2 Å². The summed E-state index contributed by atoms with van der Waals surface area (Å²) >= 11 is 12.1. The molecule has 0 amide bonds. The molecule has 1 atom stereocenters. The quantitative estimate of drug-likeness (QED) is 0.313. The van der Waals surface area contributed by atoms with Crippen molar-refractivity contribution in [3.8, 4) is 0 Å². The number of nitrogens with zero attached hydrogens (tertiary/aromatic N) is 1. The molecule has 1 aliphatic rings. The van der Waals surface area contributed by atoms with Crippen molar-refractivity contribution in [2.24, 2.45) is 10.7 Å². The van der Waals surface area contributed by atoms with Gasteiger partial charge in [0.1, 0.15) is 0 Å². The Morgan fingerprint density at radius 1 is 1.45 bits per heavy atom. The van der Waals surface area contributed by atoms with Crippen molar-refractivity contribution in [3.63, 3.8) is 0 Å². The summed E-state index contributed by atoms with van der Waals surface area (Å²) < 4.78 is 5.36. The maximum Gasteiger partial charge on any atom is 0.189 e. The van der Waals surface area contributed by atoms with Gasteiger partial charge in [0.05, 0.1) is 25.8 Å². The average Bonchev–Trinajstić information content (AvgIpc) is 2.46. The zero-order chi connectivity index (χ0) is 15.2. The lowest BCUT2D eigenvalue weighted by Crippen LogP contribution is -2.34. The second-order valence-electron chi connectivity index (χ2n) is 4.94. The normalized spacial score (nSPS) is 16.5. The molecule has 0 bridgehead atoms. The first-order chi connectivity index (χ1) is 10.1. The van der Waals surface area contributed by atoms with Crippen LogP contribution in [0.4, 0.5) is 0 Å². The molecule has 4 nitrogen and oxygen atoms in total. The summed E-state index contributed by atoms with van der Waals surface area (Å²) in [4.78, 5) is 4.33. The number of rotatable bonds is 4. The lowest BCUT2D eigenvalue weighted by molar-refractivity contribution is 0.150. The molecule has 122 valence electrons. The number of benzene rings is 1. The largest absolute Gasteiger partial charge is 0.377 e. The first-order valence-electron chi connectivity index (χ1n) is 6.83. The highest BCUT2D eigenvalue weighted by Crippen LogP contribution is 2.25. The molecule has 0 aliphatic carbocycles. The minimum absolute atomic E-state index is 0. The van der Waals surface area contributed by atoms with Gasteiger partial charge in [-0.15, -0.1) is 24.0 Å². The summed E-state index contributed by atoms with van der Waals surface area (Å²) in [5, 5.41) is 4.35. The fraction of sp³-hybridized carbons (Fsp3) is 0.400. The molecule has 3 N–H and O–H groups in total. The molecule has 0 spiro atoms. The van der Waals surface area contributed by atoms with E-state index in [1.807, 2.05) is 13.0 Å². The van der Waals surface area contributed by atoms with E-state index in [0.717, 1.165) is 24.2 Å². The third kappa shape index (κ3) is 5.95. The van der Waals surface area contributed by atoms with Crippen LogP contribution in [0.25, 0.3) is 0 Å². The number of hydrogen-bond acceptors (Lipinski definition) is 2.